The molecule has 0 saturated heterocycles. The van der Waals surface area contributed by atoms with Crippen molar-refractivity contribution in [3.63, 3.8) is 0 Å². The standard InChI is InChI=1S/C12H10N2O2S/c1-7-6-17-11(13-7)12(16)8-4-2-3-5-9(8)14-10(12)15/h2-6,16H,1H3,(H,14,15). The van der Waals surface area contributed by atoms with Gasteiger partial charge in [0.05, 0.1) is 0 Å². The minimum Gasteiger partial charge on any atom is -0.370 e. The molecule has 1 unspecified atom stereocenters. The number of aliphatic hydroxyl groups is 1. The maximum Gasteiger partial charge on any atom is 0.268 e. The van der Waals surface area contributed by atoms with Gasteiger partial charge in [-0.25, -0.2) is 4.98 Å². The first-order valence-electron chi connectivity index (χ1n) is 5.18. The van der Waals surface area contributed by atoms with Crippen LogP contribution in [0.4, 0.5) is 5.69 Å². The molecule has 1 atom stereocenters. The maximum atomic E-state index is 12.0. The first-order valence-corrected chi connectivity index (χ1v) is 6.06. The topological polar surface area (TPSA) is 62.2 Å². The molecule has 0 fully saturated rings. The molecule has 0 saturated carbocycles. The van der Waals surface area contributed by atoms with Crippen molar-refractivity contribution < 1.29 is 9.90 Å². The lowest BCUT2D eigenvalue weighted by molar-refractivity contribution is -0.129. The summed E-state index contributed by atoms with van der Waals surface area (Å²) in [4.78, 5) is 16.2. The van der Waals surface area contributed by atoms with Crippen molar-refractivity contribution in [2.24, 2.45) is 0 Å². The van der Waals surface area contributed by atoms with E-state index in [1.54, 1.807) is 18.2 Å². The Morgan fingerprint density at radius 2 is 2.18 bits per heavy atom. The van der Waals surface area contributed by atoms with Crippen molar-refractivity contribution >= 4 is 22.9 Å². The lowest BCUT2D eigenvalue weighted by Crippen LogP contribution is -2.35. The smallest absolute Gasteiger partial charge is 0.268 e. The van der Waals surface area contributed by atoms with E-state index in [1.165, 1.54) is 11.3 Å². The van der Waals surface area contributed by atoms with Crippen molar-refractivity contribution in [2.75, 3.05) is 5.32 Å². The Morgan fingerprint density at radius 1 is 1.41 bits per heavy atom. The second kappa shape index (κ2) is 3.38. The van der Waals surface area contributed by atoms with Gasteiger partial charge in [-0.2, -0.15) is 0 Å². The number of nitrogens with one attached hydrogen (secondary N) is 1. The highest BCUT2D eigenvalue weighted by atomic mass is 32.1. The summed E-state index contributed by atoms with van der Waals surface area (Å²) in [5.41, 5.74) is 0.373. The molecule has 0 aliphatic carbocycles. The van der Waals surface area contributed by atoms with Crippen LogP contribution in [0, 0.1) is 6.92 Å². The van der Waals surface area contributed by atoms with Crippen molar-refractivity contribution in [1.29, 1.82) is 0 Å². The number of carbonyl (C=O) groups excluding carboxylic acids is 1. The molecular weight excluding hydrogens is 236 g/mol. The average molecular weight is 246 g/mol. The van der Waals surface area contributed by atoms with Crippen LogP contribution in [0.25, 0.3) is 0 Å². The van der Waals surface area contributed by atoms with Crippen molar-refractivity contribution in [2.45, 2.75) is 12.5 Å². The highest BCUT2D eigenvalue weighted by Crippen LogP contribution is 2.41. The van der Waals surface area contributed by atoms with Gasteiger partial charge in [-0.3, -0.25) is 4.79 Å². The molecule has 2 heterocycles. The number of hydrogen-bond acceptors (Lipinski definition) is 4. The minimum absolute atomic E-state index is 0.414. The highest BCUT2D eigenvalue weighted by molar-refractivity contribution is 7.10. The normalized spacial score (nSPS) is 22.4. The van der Waals surface area contributed by atoms with Crippen LogP contribution in [0.2, 0.25) is 0 Å². The molecule has 1 aromatic carbocycles. The van der Waals surface area contributed by atoms with Gasteiger partial charge in [0.1, 0.15) is 5.01 Å². The van der Waals surface area contributed by atoms with Gasteiger partial charge in [0, 0.05) is 22.3 Å². The summed E-state index contributed by atoms with van der Waals surface area (Å²) in [7, 11) is 0. The van der Waals surface area contributed by atoms with E-state index >= 15 is 0 Å². The number of rotatable bonds is 1. The number of aryl methyl sites for hydroxylation is 1. The Kier molecular flexibility index (Phi) is 2.08. The number of nitrogens with zero attached hydrogens (tertiary/aromatic N) is 1. The van der Waals surface area contributed by atoms with E-state index in [0.717, 1.165) is 5.69 Å². The lowest BCUT2D eigenvalue weighted by atomic mass is 9.96. The number of hydrogen-bond donors (Lipinski definition) is 2. The fraction of sp³-hybridized carbons (Fsp3) is 0.167. The Bertz CT molecular complexity index is 608. The molecule has 3 rings (SSSR count). The molecule has 17 heavy (non-hydrogen) atoms. The van der Waals surface area contributed by atoms with Crippen LogP contribution in [0.1, 0.15) is 16.3 Å². The number of thiazole rings is 1. The summed E-state index contributed by atoms with van der Waals surface area (Å²) >= 11 is 1.29. The lowest BCUT2D eigenvalue weighted by Gasteiger charge is -2.17. The molecule has 4 nitrogen and oxygen atoms in total. The predicted molar refractivity (Wildman–Crippen MR) is 64.9 cm³/mol. The molecule has 1 aliphatic rings. The molecule has 5 heteroatoms. The average Bonchev–Trinajstić information content (AvgIpc) is 2.85. The molecule has 86 valence electrons. The number of para-hydroxylation sites is 1. The molecule has 2 aromatic rings. The van der Waals surface area contributed by atoms with Gasteiger partial charge in [0.15, 0.2) is 0 Å². The van der Waals surface area contributed by atoms with Gasteiger partial charge < -0.3 is 10.4 Å². The van der Waals surface area contributed by atoms with E-state index in [1.807, 2.05) is 18.4 Å². The number of anilines is 1. The Hall–Kier alpha value is -1.72. The van der Waals surface area contributed by atoms with Crippen LogP contribution in [0.15, 0.2) is 29.6 Å². The third-order valence-electron chi connectivity index (χ3n) is 2.82. The Morgan fingerprint density at radius 3 is 2.88 bits per heavy atom. The first-order chi connectivity index (χ1) is 8.12. The molecule has 1 amide bonds. The van der Waals surface area contributed by atoms with Crippen LogP contribution in [0.5, 0.6) is 0 Å². The van der Waals surface area contributed by atoms with Crippen molar-refractivity contribution in [1.82, 2.24) is 4.98 Å². The van der Waals surface area contributed by atoms with Crippen LogP contribution in [-0.4, -0.2) is 16.0 Å². The maximum absolute atomic E-state index is 12.0. The predicted octanol–water partition coefficient (Wildman–Crippen LogP) is 1.64. The van der Waals surface area contributed by atoms with E-state index in [4.69, 9.17) is 0 Å². The Balaban J connectivity index is 2.23. The van der Waals surface area contributed by atoms with E-state index in [0.29, 0.717) is 16.3 Å². The molecule has 1 aromatic heterocycles. The van der Waals surface area contributed by atoms with Gasteiger partial charge in [0.2, 0.25) is 5.60 Å². The van der Waals surface area contributed by atoms with E-state index in [-0.39, 0.29) is 0 Å². The summed E-state index contributed by atoms with van der Waals surface area (Å²) in [6.07, 6.45) is 0. The number of fused-ring (bicyclic) bond motifs is 1. The number of benzene rings is 1. The molecule has 0 spiro atoms. The Labute approximate surface area is 102 Å². The molecular formula is C12H10N2O2S. The van der Waals surface area contributed by atoms with Gasteiger partial charge in [-0.15, -0.1) is 11.3 Å². The van der Waals surface area contributed by atoms with Crippen molar-refractivity contribution in [3.8, 4) is 0 Å². The third kappa shape index (κ3) is 1.33. The van der Waals surface area contributed by atoms with Crippen LogP contribution < -0.4 is 5.32 Å². The first kappa shape index (κ1) is 10.4. The quantitative estimate of drug-likeness (QED) is 0.804. The summed E-state index contributed by atoms with van der Waals surface area (Å²) in [6, 6.07) is 7.12. The SMILES string of the molecule is Cc1csc(C2(O)C(=O)Nc3ccccc32)n1. The third-order valence-corrected chi connectivity index (χ3v) is 3.89. The summed E-state index contributed by atoms with van der Waals surface area (Å²) in [5.74, 6) is -0.437. The van der Waals surface area contributed by atoms with Gasteiger partial charge in [0.25, 0.3) is 5.91 Å². The summed E-state index contributed by atoms with van der Waals surface area (Å²) in [5, 5.41) is 15.5. The number of carbonyl (C=O) groups is 1. The largest absolute Gasteiger partial charge is 0.370 e. The zero-order valence-corrected chi connectivity index (χ0v) is 9.91. The zero-order chi connectivity index (χ0) is 12.0. The second-order valence-corrected chi connectivity index (χ2v) is 4.86. The van der Waals surface area contributed by atoms with Gasteiger partial charge in [-0.05, 0) is 13.0 Å². The van der Waals surface area contributed by atoms with Crippen LogP contribution in [-0.2, 0) is 10.4 Å². The molecule has 0 radical (unpaired) electrons. The van der Waals surface area contributed by atoms with E-state index in [9.17, 15) is 9.90 Å². The van der Waals surface area contributed by atoms with Gasteiger partial charge >= 0.3 is 0 Å². The second-order valence-electron chi connectivity index (χ2n) is 4.00. The van der Waals surface area contributed by atoms with Gasteiger partial charge in [-0.1, -0.05) is 18.2 Å². The molecule has 0 bridgehead atoms. The van der Waals surface area contributed by atoms with Crippen LogP contribution >= 0.6 is 11.3 Å². The zero-order valence-electron chi connectivity index (χ0n) is 9.10. The fourth-order valence-electron chi connectivity index (χ4n) is 1.98. The van der Waals surface area contributed by atoms with E-state index < -0.39 is 11.5 Å². The summed E-state index contributed by atoms with van der Waals surface area (Å²) < 4.78 is 0. The molecule has 2 N–H and O–H groups in total. The van der Waals surface area contributed by atoms with Crippen LogP contribution in [0.3, 0.4) is 0 Å². The molecule has 1 aliphatic heterocycles. The fourth-order valence-corrected chi connectivity index (χ4v) is 2.88. The van der Waals surface area contributed by atoms with Crippen molar-refractivity contribution in [3.05, 3.63) is 45.9 Å². The number of aromatic nitrogens is 1. The highest BCUT2D eigenvalue weighted by Gasteiger charge is 2.48. The number of amides is 1. The van der Waals surface area contributed by atoms with E-state index in [2.05, 4.69) is 10.3 Å². The summed E-state index contributed by atoms with van der Waals surface area (Å²) in [6.45, 7) is 1.84. The monoisotopic (exact) mass is 246 g/mol. The minimum atomic E-state index is -1.64.